The summed E-state index contributed by atoms with van der Waals surface area (Å²) < 4.78 is 2.50. The van der Waals surface area contributed by atoms with Crippen molar-refractivity contribution in [2.45, 2.75) is 19.9 Å². The van der Waals surface area contributed by atoms with Crippen LogP contribution in [0, 0.1) is 10.1 Å². The molecule has 0 saturated carbocycles. The number of hydrogen-bond donors (Lipinski definition) is 1. The highest BCUT2D eigenvalue weighted by Gasteiger charge is 2.25. The number of anilines is 1. The SMILES string of the molecule is CCc1nn(C)c(NCc2cccc(Br)c2)c1[N+](=O)[O-]. The Balaban J connectivity index is 2.25. The van der Waals surface area contributed by atoms with Crippen molar-refractivity contribution in [1.82, 2.24) is 9.78 Å². The van der Waals surface area contributed by atoms with Crippen LogP contribution < -0.4 is 5.32 Å². The van der Waals surface area contributed by atoms with Crippen LogP contribution in [0.25, 0.3) is 0 Å². The van der Waals surface area contributed by atoms with Crippen LogP contribution in [0.1, 0.15) is 18.2 Å². The van der Waals surface area contributed by atoms with E-state index in [1.165, 1.54) is 4.68 Å². The molecule has 0 aliphatic carbocycles. The molecule has 7 heteroatoms. The summed E-state index contributed by atoms with van der Waals surface area (Å²) in [6, 6.07) is 7.79. The Morgan fingerprint density at radius 2 is 2.25 bits per heavy atom. The third-order valence-corrected chi connectivity index (χ3v) is 3.45. The van der Waals surface area contributed by atoms with E-state index in [0.717, 1.165) is 10.0 Å². The van der Waals surface area contributed by atoms with Crippen LogP contribution in [-0.4, -0.2) is 14.7 Å². The lowest BCUT2D eigenvalue weighted by atomic mass is 10.2. The van der Waals surface area contributed by atoms with E-state index in [0.29, 0.717) is 24.5 Å². The van der Waals surface area contributed by atoms with Crippen LogP contribution in [0.5, 0.6) is 0 Å². The van der Waals surface area contributed by atoms with Crippen molar-refractivity contribution in [2.75, 3.05) is 5.32 Å². The summed E-state index contributed by atoms with van der Waals surface area (Å²) in [5.74, 6) is 0.437. The molecular formula is C13H15BrN4O2. The molecule has 1 heterocycles. The van der Waals surface area contributed by atoms with Gasteiger partial charge in [0.25, 0.3) is 0 Å². The minimum Gasteiger partial charge on any atom is -0.360 e. The lowest BCUT2D eigenvalue weighted by molar-refractivity contribution is -0.384. The topological polar surface area (TPSA) is 73.0 Å². The molecule has 1 aromatic carbocycles. The van der Waals surface area contributed by atoms with Gasteiger partial charge in [-0.2, -0.15) is 5.10 Å². The molecule has 0 saturated heterocycles. The summed E-state index contributed by atoms with van der Waals surface area (Å²) in [6.07, 6.45) is 0.530. The molecule has 0 radical (unpaired) electrons. The van der Waals surface area contributed by atoms with E-state index < -0.39 is 0 Å². The fourth-order valence-electron chi connectivity index (χ4n) is 2.03. The summed E-state index contributed by atoms with van der Waals surface area (Å²) in [5, 5.41) is 18.5. The highest BCUT2D eigenvalue weighted by atomic mass is 79.9. The van der Waals surface area contributed by atoms with E-state index >= 15 is 0 Å². The Kier molecular flexibility index (Phi) is 4.39. The van der Waals surface area contributed by atoms with Gasteiger partial charge in [-0.15, -0.1) is 0 Å². The molecule has 0 aliphatic rings. The Bertz CT molecular complexity index is 639. The lowest BCUT2D eigenvalue weighted by Gasteiger charge is -2.06. The predicted molar refractivity (Wildman–Crippen MR) is 80.7 cm³/mol. The summed E-state index contributed by atoms with van der Waals surface area (Å²) in [4.78, 5) is 10.8. The average molecular weight is 339 g/mol. The Morgan fingerprint density at radius 3 is 2.85 bits per heavy atom. The monoisotopic (exact) mass is 338 g/mol. The number of hydrogen-bond acceptors (Lipinski definition) is 4. The average Bonchev–Trinajstić information content (AvgIpc) is 2.73. The fraction of sp³-hybridized carbons (Fsp3) is 0.308. The van der Waals surface area contributed by atoms with E-state index in [1.54, 1.807) is 7.05 Å². The van der Waals surface area contributed by atoms with E-state index in [4.69, 9.17) is 0 Å². The lowest BCUT2D eigenvalue weighted by Crippen LogP contribution is -2.06. The van der Waals surface area contributed by atoms with Crippen LogP contribution >= 0.6 is 15.9 Å². The van der Waals surface area contributed by atoms with Crippen molar-refractivity contribution < 1.29 is 4.92 Å². The van der Waals surface area contributed by atoms with Gasteiger partial charge in [0.05, 0.1) is 4.92 Å². The number of aryl methyl sites for hydroxylation is 2. The first kappa shape index (κ1) is 14.5. The number of nitro groups is 1. The first-order chi connectivity index (χ1) is 9.52. The minimum atomic E-state index is -0.380. The fourth-order valence-corrected chi connectivity index (χ4v) is 2.48. The third-order valence-electron chi connectivity index (χ3n) is 2.96. The van der Waals surface area contributed by atoms with Crippen LogP contribution in [0.2, 0.25) is 0 Å². The molecule has 20 heavy (non-hydrogen) atoms. The molecule has 0 bridgehead atoms. The van der Waals surface area contributed by atoms with Gasteiger partial charge in [-0.1, -0.05) is 35.0 Å². The zero-order valence-corrected chi connectivity index (χ0v) is 12.8. The van der Waals surface area contributed by atoms with E-state index in [2.05, 4.69) is 26.3 Å². The molecule has 0 unspecified atom stereocenters. The Labute approximate surface area is 125 Å². The third kappa shape index (κ3) is 2.98. The first-order valence-corrected chi connectivity index (χ1v) is 7.00. The van der Waals surface area contributed by atoms with Crippen molar-refractivity contribution in [2.24, 2.45) is 7.05 Å². The van der Waals surface area contributed by atoms with Gasteiger partial charge in [0.15, 0.2) is 0 Å². The van der Waals surface area contributed by atoms with Gasteiger partial charge < -0.3 is 5.32 Å². The van der Waals surface area contributed by atoms with Crippen molar-refractivity contribution >= 4 is 27.4 Å². The van der Waals surface area contributed by atoms with Crippen LogP contribution in [-0.2, 0) is 20.0 Å². The van der Waals surface area contributed by atoms with Gasteiger partial charge in [0, 0.05) is 18.1 Å². The van der Waals surface area contributed by atoms with Gasteiger partial charge in [0.2, 0.25) is 5.82 Å². The molecule has 6 nitrogen and oxygen atoms in total. The summed E-state index contributed by atoms with van der Waals surface area (Å²) >= 11 is 3.40. The predicted octanol–water partition coefficient (Wildman–Crippen LogP) is 3.27. The number of aromatic nitrogens is 2. The molecule has 0 fully saturated rings. The number of nitrogens with zero attached hydrogens (tertiary/aromatic N) is 3. The molecule has 0 aliphatic heterocycles. The summed E-state index contributed by atoms with van der Waals surface area (Å²) in [6.45, 7) is 2.36. The van der Waals surface area contributed by atoms with Gasteiger partial charge in [-0.05, 0) is 24.1 Å². The minimum absolute atomic E-state index is 0.0602. The first-order valence-electron chi connectivity index (χ1n) is 6.21. The normalized spacial score (nSPS) is 10.6. The van der Waals surface area contributed by atoms with Crippen molar-refractivity contribution in [3.8, 4) is 0 Å². The second kappa shape index (κ2) is 6.04. The number of halogens is 1. The maximum absolute atomic E-state index is 11.2. The quantitative estimate of drug-likeness (QED) is 0.670. The van der Waals surface area contributed by atoms with E-state index in [-0.39, 0.29) is 10.6 Å². The van der Waals surface area contributed by atoms with E-state index in [1.807, 2.05) is 31.2 Å². The number of nitrogens with one attached hydrogen (secondary N) is 1. The van der Waals surface area contributed by atoms with Crippen molar-refractivity contribution in [3.63, 3.8) is 0 Å². The number of rotatable bonds is 5. The highest BCUT2D eigenvalue weighted by Crippen LogP contribution is 2.28. The largest absolute Gasteiger partial charge is 0.360 e. The maximum Gasteiger partial charge on any atom is 0.333 e. The van der Waals surface area contributed by atoms with E-state index in [9.17, 15) is 10.1 Å². The number of benzene rings is 1. The van der Waals surface area contributed by atoms with Gasteiger partial charge in [0.1, 0.15) is 5.69 Å². The molecule has 0 atom stereocenters. The van der Waals surface area contributed by atoms with Crippen LogP contribution in [0.4, 0.5) is 11.5 Å². The van der Waals surface area contributed by atoms with Crippen LogP contribution in [0.3, 0.4) is 0 Å². The standard InChI is InChI=1S/C13H15BrN4O2/c1-3-11-12(18(19)20)13(17(2)16-11)15-8-9-5-4-6-10(14)7-9/h4-7,15H,3,8H2,1-2H3. The molecule has 1 N–H and O–H groups in total. The molecular weight excluding hydrogens is 324 g/mol. The molecule has 1 aromatic heterocycles. The smallest absolute Gasteiger partial charge is 0.333 e. The second-order valence-corrected chi connectivity index (χ2v) is 5.28. The summed E-state index contributed by atoms with van der Waals surface area (Å²) in [5.41, 5.74) is 1.59. The van der Waals surface area contributed by atoms with Crippen molar-refractivity contribution in [1.29, 1.82) is 0 Å². The highest BCUT2D eigenvalue weighted by molar-refractivity contribution is 9.10. The molecule has 2 rings (SSSR count). The zero-order valence-electron chi connectivity index (χ0n) is 11.3. The van der Waals surface area contributed by atoms with Crippen LogP contribution in [0.15, 0.2) is 28.7 Å². The second-order valence-electron chi connectivity index (χ2n) is 4.36. The van der Waals surface area contributed by atoms with Gasteiger partial charge in [-0.3, -0.25) is 10.1 Å². The molecule has 0 spiro atoms. The molecule has 0 amide bonds. The Morgan fingerprint density at radius 1 is 1.50 bits per heavy atom. The van der Waals surface area contributed by atoms with Gasteiger partial charge in [-0.25, -0.2) is 4.68 Å². The molecule has 2 aromatic rings. The van der Waals surface area contributed by atoms with Gasteiger partial charge >= 0.3 is 5.69 Å². The zero-order chi connectivity index (χ0) is 14.7. The maximum atomic E-state index is 11.2. The Hall–Kier alpha value is -1.89. The summed E-state index contributed by atoms with van der Waals surface area (Å²) in [7, 11) is 1.70. The van der Waals surface area contributed by atoms with Crippen molar-refractivity contribution in [3.05, 3.63) is 50.1 Å². The molecule has 106 valence electrons.